The average Bonchev–Trinajstić information content (AvgIpc) is 3.04. The zero-order chi connectivity index (χ0) is 17.7. The van der Waals surface area contributed by atoms with Crippen molar-refractivity contribution in [1.82, 2.24) is 14.6 Å². The van der Waals surface area contributed by atoms with Gasteiger partial charge in [-0.3, -0.25) is 4.90 Å². The van der Waals surface area contributed by atoms with Crippen LogP contribution < -0.4 is 4.72 Å². The molecule has 0 unspecified atom stereocenters. The highest BCUT2D eigenvalue weighted by molar-refractivity contribution is 7.88. The molecular weight excluding hydrogens is 354 g/mol. The van der Waals surface area contributed by atoms with Crippen LogP contribution in [0.5, 0.6) is 0 Å². The summed E-state index contributed by atoms with van der Waals surface area (Å²) in [7, 11) is -3.36. The Morgan fingerprint density at radius 1 is 1.16 bits per heavy atom. The van der Waals surface area contributed by atoms with Gasteiger partial charge in [0.15, 0.2) is 0 Å². The van der Waals surface area contributed by atoms with Crippen molar-refractivity contribution >= 4 is 21.4 Å². The Bertz CT molecular complexity index is 779. The minimum atomic E-state index is -3.36. The molecule has 2 heterocycles. The molecule has 0 atom stereocenters. The van der Waals surface area contributed by atoms with Gasteiger partial charge in [0.2, 0.25) is 10.0 Å². The molecule has 1 aromatic heterocycles. The lowest BCUT2D eigenvalue weighted by Gasteiger charge is -2.25. The fraction of sp³-hybridized carbons (Fsp3) is 0.500. The van der Waals surface area contributed by atoms with Gasteiger partial charge in [0.25, 0.3) is 0 Å². The van der Waals surface area contributed by atoms with E-state index in [1.807, 2.05) is 36.6 Å². The van der Waals surface area contributed by atoms with E-state index in [4.69, 9.17) is 0 Å². The van der Waals surface area contributed by atoms with Crippen LogP contribution in [0.1, 0.15) is 41.1 Å². The molecule has 7 heteroatoms. The van der Waals surface area contributed by atoms with Gasteiger partial charge in [0.1, 0.15) is 5.01 Å². The van der Waals surface area contributed by atoms with Crippen LogP contribution >= 0.6 is 11.3 Å². The quantitative estimate of drug-likeness (QED) is 0.803. The third-order valence-electron chi connectivity index (χ3n) is 4.35. The molecule has 136 valence electrons. The number of benzene rings is 1. The summed E-state index contributed by atoms with van der Waals surface area (Å²) in [6, 6.07) is 7.57. The molecule has 25 heavy (non-hydrogen) atoms. The largest absolute Gasteiger partial charge is 0.297 e. The van der Waals surface area contributed by atoms with E-state index in [0.29, 0.717) is 0 Å². The third kappa shape index (κ3) is 5.88. The molecule has 1 aromatic carbocycles. The van der Waals surface area contributed by atoms with Gasteiger partial charge in [0, 0.05) is 11.9 Å². The van der Waals surface area contributed by atoms with Gasteiger partial charge in [-0.25, -0.2) is 18.1 Å². The number of rotatable bonds is 7. The predicted octanol–water partition coefficient (Wildman–Crippen LogP) is 3.06. The lowest BCUT2D eigenvalue weighted by atomic mass is 10.1. The van der Waals surface area contributed by atoms with Gasteiger partial charge in [-0.2, -0.15) is 0 Å². The van der Waals surface area contributed by atoms with Crippen molar-refractivity contribution in [2.75, 3.05) is 13.1 Å². The van der Waals surface area contributed by atoms with Crippen LogP contribution in [-0.4, -0.2) is 31.4 Å². The normalized spacial score (nSPS) is 16.2. The first-order valence-corrected chi connectivity index (χ1v) is 11.2. The molecule has 0 bridgehead atoms. The number of aryl methyl sites for hydroxylation is 1. The first-order chi connectivity index (χ1) is 12.0. The Balaban J connectivity index is 1.51. The number of nitrogens with zero attached hydrogens (tertiary/aromatic N) is 2. The van der Waals surface area contributed by atoms with Gasteiger partial charge in [-0.05, 0) is 38.4 Å². The first-order valence-electron chi connectivity index (χ1n) is 8.69. The van der Waals surface area contributed by atoms with Crippen LogP contribution in [-0.2, 0) is 28.9 Å². The molecule has 5 nitrogen and oxygen atoms in total. The molecule has 3 rings (SSSR count). The van der Waals surface area contributed by atoms with Crippen molar-refractivity contribution in [2.45, 2.75) is 45.0 Å². The first kappa shape index (κ1) is 18.5. The molecule has 1 aliphatic rings. The van der Waals surface area contributed by atoms with Gasteiger partial charge >= 0.3 is 0 Å². The molecular formula is C18H25N3O2S2. The molecule has 0 aliphatic carbocycles. The summed E-state index contributed by atoms with van der Waals surface area (Å²) in [6.45, 7) is 5.39. The maximum atomic E-state index is 12.2. The monoisotopic (exact) mass is 379 g/mol. The number of hydrogen-bond donors (Lipinski definition) is 1. The molecule has 0 spiro atoms. The van der Waals surface area contributed by atoms with E-state index >= 15 is 0 Å². The molecule has 1 aliphatic heterocycles. The molecule has 1 fully saturated rings. The number of thiazole rings is 1. The second-order valence-corrected chi connectivity index (χ2v) is 9.38. The Labute approximate surface area is 154 Å². The summed E-state index contributed by atoms with van der Waals surface area (Å²) in [5.41, 5.74) is 2.96. The highest BCUT2D eigenvalue weighted by atomic mass is 32.2. The maximum Gasteiger partial charge on any atom is 0.216 e. The zero-order valence-electron chi connectivity index (χ0n) is 14.6. The Hall–Kier alpha value is -1.28. The summed E-state index contributed by atoms with van der Waals surface area (Å²) in [4.78, 5) is 7.00. The fourth-order valence-corrected chi connectivity index (χ4v) is 4.88. The van der Waals surface area contributed by atoms with Crippen LogP contribution in [0.3, 0.4) is 0 Å². The molecule has 2 aromatic rings. The molecule has 0 saturated carbocycles. The summed E-state index contributed by atoms with van der Waals surface area (Å²) in [6.07, 6.45) is 3.84. The van der Waals surface area contributed by atoms with Crippen molar-refractivity contribution in [2.24, 2.45) is 0 Å². The number of nitrogens with one attached hydrogen (secondary N) is 1. The second-order valence-electron chi connectivity index (χ2n) is 6.64. The topological polar surface area (TPSA) is 62.3 Å². The average molecular weight is 380 g/mol. The summed E-state index contributed by atoms with van der Waals surface area (Å²) in [5, 5.41) is 2.86. The van der Waals surface area contributed by atoms with E-state index in [1.165, 1.54) is 30.6 Å². The number of sulfonamides is 1. The maximum absolute atomic E-state index is 12.2. The SMILES string of the molecule is Cc1ccc(CS(=O)(=O)NCc2nc(CN3CCCCC3)cs2)cc1. The second kappa shape index (κ2) is 8.40. The van der Waals surface area contributed by atoms with Crippen molar-refractivity contribution < 1.29 is 8.42 Å². The Kier molecular flexibility index (Phi) is 6.22. The van der Waals surface area contributed by atoms with E-state index in [1.54, 1.807) is 0 Å². The Morgan fingerprint density at radius 3 is 2.60 bits per heavy atom. The summed E-state index contributed by atoms with van der Waals surface area (Å²) in [5.74, 6) is -0.000704. The molecule has 1 N–H and O–H groups in total. The van der Waals surface area contributed by atoms with Crippen LogP contribution in [0.4, 0.5) is 0 Å². The summed E-state index contributed by atoms with van der Waals surface area (Å²) >= 11 is 1.52. The Morgan fingerprint density at radius 2 is 1.88 bits per heavy atom. The van der Waals surface area contributed by atoms with Gasteiger partial charge in [-0.15, -0.1) is 11.3 Å². The number of likely N-dealkylation sites (tertiary alicyclic amines) is 1. The standard InChI is InChI=1S/C18H25N3O2S2/c1-15-5-7-16(8-6-15)14-25(22,23)19-11-18-20-17(13-24-18)12-21-9-3-2-4-10-21/h5-8,13,19H,2-4,9-12,14H2,1H3. The van der Waals surface area contributed by atoms with Crippen LogP contribution in [0.25, 0.3) is 0 Å². The van der Waals surface area contributed by atoms with Gasteiger partial charge in [-0.1, -0.05) is 36.2 Å². The van der Waals surface area contributed by atoms with Crippen LogP contribution in [0, 0.1) is 6.92 Å². The van der Waals surface area contributed by atoms with Crippen molar-refractivity contribution in [3.8, 4) is 0 Å². The van der Waals surface area contributed by atoms with Crippen molar-refractivity contribution in [3.05, 3.63) is 51.5 Å². The van der Waals surface area contributed by atoms with Crippen molar-refractivity contribution in [3.63, 3.8) is 0 Å². The van der Waals surface area contributed by atoms with Gasteiger partial charge < -0.3 is 0 Å². The third-order valence-corrected chi connectivity index (χ3v) is 6.55. The minimum Gasteiger partial charge on any atom is -0.297 e. The van der Waals surface area contributed by atoms with Crippen LogP contribution in [0.15, 0.2) is 29.6 Å². The van der Waals surface area contributed by atoms with E-state index in [9.17, 15) is 8.42 Å². The van der Waals surface area contributed by atoms with Crippen molar-refractivity contribution in [1.29, 1.82) is 0 Å². The molecule has 1 saturated heterocycles. The van der Waals surface area contributed by atoms with E-state index in [2.05, 4.69) is 14.6 Å². The molecule has 0 radical (unpaired) electrons. The zero-order valence-corrected chi connectivity index (χ0v) is 16.2. The van der Waals surface area contributed by atoms with Gasteiger partial charge in [0.05, 0.1) is 18.0 Å². The number of piperidine rings is 1. The lowest BCUT2D eigenvalue weighted by molar-refractivity contribution is 0.219. The smallest absolute Gasteiger partial charge is 0.216 e. The summed E-state index contributed by atoms with van der Waals surface area (Å²) < 4.78 is 27.1. The van der Waals surface area contributed by atoms with E-state index in [-0.39, 0.29) is 12.3 Å². The highest BCUT2D eigenvalue weighted by Crippen LogP contribution is 2.16. The van der Waals surface area contributed by atoms with E-state index in [0.717, 1.165) is 41.5 Å². The van der Waals surface area contributed by atoms with Crippen LogP contribution in [0.2, 0.25) is 0 Å². The molecule has 0 amide bonds. The predicted molar refractivity (Wildman–Crippen MR) is 102 cm³/mol. The number of aromatic nitrogens is 1. The highest BCUT2D eigenvalue weighted by Gasteiger charge is 2.15. The fourth-order valence-electron chi connectivity index (χ4n) is 2.98. The lowest BCUT2D eigenvalue weighted by Crippen LogP contribution is -2.29. The van der Waals surface area contributed by atoms with E-state index < -0.39 is 10.0 Å². The number of hydrogen-bond acceptors (Lipinski definition) is 5. The minimum absolute atomic E-state index is 0.000704.